The van der Waals surface area contributed by atoms with Gasteiger partial charge in [0, 0.05) is 27.9 Å². The van der Waals surface area contributed by atoms with Gasteiger partial charge in [-0.25, -0.2) is 0 Å². The van der Waals surface area contributed by atoms with Gasteiger partial charge in [0.15, 0.2) is 6.29 Å². The van der Waals surface area contributed by atoms with Crippen molar-refractivity contribution in [2.24, 2.45) is 0 Å². The molecule has 6 heteroatoms. The zero-order valence-corrected chi connectivity index (χ0v) is 13.7. The van der Waals surface area contributed by atoms with E-state index in [2.05, 4.69) is 6.58 Å². The van der Waals surface area contributed by atoms with E-state index < -0.39 is 0 Å². The van der Waals surface area contributed by atoms with E-state index in [4.69, 9.17) is 28.4 Å². The van der Waals surface area contributed by atoms with Crippen LogP contribution in [0, 0.1) is 0 Å². The summed E-state index contributed by atoms with van der Waals surface area (Å²) in [4.78, 5) is 0. The standard InChI is InChI=1S/C16H28O6/c1-5-11-14(17-2)16(19-4)15(18-3)12(22-11)10-21-13-8-6-7-9-20-13/h5,11-16H,1,6-10H2,2-4H3/t11-,12-,13?,14+,15-,16-/m1/s1. The molecule has 0 aromatic rings. The van der Waals surface area contributed by atoms with Crippen molar-refractivity contribution in [3.63, 3.8) is 0 Å². The predicted octanol–water partition coefficient (Wildman–Crippen LogP) is 1.53. The van der Waals surface area contributed by atoms with Gasteiger partial charge in [-0.05, 0) is 19.3 Å². The summed E-state index contributed by atoms with van der Waals surface area (Å²) >= 11 is 0. The molecule has 0 N–H and O–H groups in total. The Morgan fingerprint density at radius 1 is 1.05 bits per heavy atom. The first-order chi connectivity index (χ1) is 10.7. The van der Waals surface area contributed by atoms with Crippen LogP contribution in [0.3, 0.4) is 0 Å². The molecule has 6 atom stereocenters. The minimum atomic E-state index is -0.269. The van der Waals surface area contributed by atoms with Crippen molar-refractivity contribution in [3.8, 4) is 0 Å². The quantitative estimate of drug-likeness (QED) is 0.664. The third kappa shape index (κ3) is 4.07. The lowest BCUT2D eigenvalue weighted by molar-refractivity contribution is -0.256. The Morgan fingerprint density at radius 3 is 2.32 bits per heavy atom. The van der Waals surface area contributed by atoms with E-state index in [-0.39, 0.29) is 36.8 Å². The fourth-order valence-electron chi connectivity index (χ4n) is 3.13. The van der Waals surface area contributed by atoms with Gasteiger partial charge in [-0.2, -0.15) is 0 Å². The lowest BCUT2D eigenvalue weighted by Gasteiger charge is -2.44. The second-order valence-electron chi connectivity index (χ2n) is 5.61. The number of methoxy groups -OCH3 is 3. The normalized spacial score (nSPS) is 39.6. The van der Waals surface area contributed by atoms with Crippen LogP contribution in [0.25, 0.3) is 0 Å². The monoisotopic (exact) mass is 316 g/mol. The number of rotatable bonds is 7. The maximum atomic E-state index is 6.04. The first kappa shape index (κ1) is 17.8. The van der Waals surface area contributed by atoms with E-state index in [0.717, 1.165) is 25.9 Å². The van der Waals surface area contributed by atoms with Crippen molar-refractivity contribution < 1.29 is 28.4 Å². The molecule has 2 fully saturated rings. The minimum absolute atomic E-state index is 0.154. The van der Waals surface area contributed by atoms with Gasteiger partial charge < -0.3 is 28.4 Å². The fourth-order valence-corrected chi connectivity index (χ4v) is 3.13. The van der Waals surface area contributed by atoms with Gasteiger partial charge in [-0.15, -0.1) is 6.58 Å². The summed E-state index contributed by atoms with van der Waals surface area (Å²) in [6, 6.07) is 0. The summed E-state index contributed by atoms with van der Waals surface area (Å²) < 4.78 is 34.2. The second-order valence-corrected chi connectivity index (χ2v) is 5.61. The summed E-state index contributed by atoms with van der Waals surface area (Å²) in [5.74, 6) is 0. The Kier molecular flexibility index (Phi) is 7.27. The largest absolute Gasteiger partial charge is 0.376 e. The van der Waals surface area contributed by atoms with Gasteiger partial charge in [0.2, 0.25) is 0 Å². The molecule has 2 saturated heterocycles. The zero-order chi connectivity index (χ0) is 15.9. The topological polar surface area (TPSA) is 55.4 Å². The maximum absolute atomic E-state index is 6.04. The van der Waals surface area contributed by atoms with Crippen molar-refractivity contribution in [2.45, 2.75) is 56.1 Å². The molecule has 0 bridgehead atoms. The zero-order valence-electron chi connectivity index (χ0n) is 13.7. The molecule has 0 aliphatic carbocycles. The van der Waals surface area contributed by atoms with Gasteiger partial charge in [-0.1, -0.05) is 6.08 Å². The number of ether oxygens (including phenoxy) is 6. The number of hydrogen-bond acceptors (Lipinski definition) is 6. The summed E-state index contributed by atoms with van der Waals surface area (Å²) in [7, 11) is 4.93. The molecule has 2 aliphatic rings. The Bertz CT molecular complexity index is 331. The third-order valence-corrected chi connectivity index (χ3v) is 4.30. The van der Waals surface area contributed by atoms with Gasteiger partial charge in [0.1, 0.15) is 30.5 Å². The van der Waals surface area contributed by atoms with Gasteiger partial charge >= 0.3 is 0 Å². The fraction of sp³-hybridized carbons (Fsp3) is 0.875. The Hall–Kier alpha value is -0.500. The average Bonchev–Trinajstić information content (AvgIpc) is 2.58. The molecule has 0 saturated carbocycles. The van der Waals surface area contributed by atoms with Crippen molar-refractivity contribution in [1.82, 2.24) is 0 Å². The summed E-state index contributed by atoms with van der Waals surface area (Å²) in [6.45, 7) is 4.97. The molecule has 2 rings (SSSR count). The molecule has 2 aliphatic heterocycles. The molecule has 1 unspecified atom stereocenters. The van der Waals surface area contributed by atoms with Crippen LogP contribution in [-0.2, 0) is 28.4 Å². The van der Waals surface area contributed by atoms with E-state index in [1.807, 2.05) is 0 Å². The Balaban J connectivity index is 1.99. The van der Waals surface area contributed by atoms with Crippen LogP contribution in [0.5, 0.6) is 0 Å². The Morgan fingerprint density at radius 2 is 1.77 bits per heavy atom. The smallest absolute Gasteiger partial charge is 0.157 e. The molecule has 128 valence electrons. The SMILES string of the molecule is C=C[C@H]1O[C@H](COC2CCCCO2)[C@@H](OC)[C@H](OC)[C@H]1OC. The van der Waals surface area contributed by atoms with E-state index in [0.29, 0.717) is 6.61 Å². The minimum Gasteiger partial charge on any atom is -0.376 e. The highest BCUT2D eigenvalue weighted by Crippen LogP contribution is 2.28. The van der Waals surface area contributed by atoms with Crippen LogP contribution in [0.2, 0.25) is 0 Å². The summed E-state index contributed by atoms with van der Waals surface area (Å²) in [6.07, 6.45) is 3.44. The second kappa shape index (κ2) is 8.96. The summed E-state index contributed by atoms with van der Waals surface area (Å²) in [5.41, 5.74) is 0. The highest BCUT2D eigenvalue weighted by Gasteiger charge is 2.46. The highest BCUT2D eigenvalue weighted by atomic mass is 16.7. The van der Waals surface area contributed by atoms with Gasteiger partial charge in [-0.3, -0.25) is 0 Å². The molecule has 22 heavy (non-hydrogen) atoms. The molecular weight excluding hydrogens is 288 g/mol. The highest BCUT2D eigenvalue weighted by molar-refractivity contribution is 5.01. The van der Waals surface area contributed by atoms with Gasteiger partial charge in [0.05, 0.1) is 6.61 Å². The molecule has 2 heterocycles. The van der Waals surface area contributed by atoms with E-state index >= 15 is 0 Å². The van der Waals surface area contributed by atoms with Crippen molar-refractivity contribution in [3.05, 3.63) is 12.7 Å². The first-order valence-electron chi connectivity index (χ1n) is 7.84. The molecule has 6 nitrogen and oxygen atoms in total. The van der Waals surface area contributed by atoms with E-state index in [1.54, 1.807) is 27.4 Å². The lowest BCUT2D eigenvalue weighted by Crippen LogP contribution is -2.60. The predicted molar refractivity (Wildman–Crippen MR) is 80.8 cm³/mol. The average molecular weight is 316 g/mol. The van der Waals surface area contributed by atoms with Crippen LogP contribution >= 0.6 is 0 Å². The van der Waals surface area contributed by atoms with E-state index in [9.17, 15) is 0 Å². The van der Waals surface area contributed by atoms with Crippen LogP contribution in [0.4, 0.5) is 0 Å². The lowest BCUT2D eigenvalue weighted by atomic mass is 9.94. The maximum Gasteiger partial charge on any atom is 0.157 e. The van der Waals surface area contributed by atoms with Crippen LogP contribution in [0.15, 0.2) is 12.7 Å². The molecule has 0 aromatic carbocycles. The molecule has 0 spiro atoms. The molecule has 0 aromatic heterocycles. The van der Waals surface area contributed by atoms with Crippen LogP contribution in [0.1, 0.15) is 19.3 Å². The number of hydrogen-bond donors (Lipinski definition) is 0. The van der Waals surface area contributed by atoms with Gasteiger partial charge in [0.25, 0.3) is 0 Å². The molecular formula is C16H28O6. The summed E-state index contributed by atoms with van der Waals surface area (Å²) in [5, 5.41) is 0. The van der Waals surface area contributed by atoms with Crippen LogP contribution in [-0.4, -0.2) is 71.4 Å². The van der Waals surface area contributed by atoms with Crippen molar-refractivity contribution >= 4 is 0 Å². The Labute approximate surface area is 132 Å². The third-order valence-electron chi connectivity index (χ3n) is 4.30. The molecule has 0 radical (unpaired) electrons. The van der Waals surface area contributed by atoms with Crippen molar-refractivity contribution in [1.29, 1.82) is 0 Å². The molecule has 0 amide bonds. The first-order valence-corrected chi connectivity index (χ1v) is 7.84. The van der Waals surface area contributed by atoms with Crippen molar-refractivity contribution in [2.75, 3.05) is 34.5 Å². The van der Waals surface area contributed by atoms with Crippen LogP contribution < -0.4 is 0 Å². The van der Waals surface area contributed by atoms with E-state index in [1.165, 1.54) is 0 Å².